The highest BCUT2D eigenvalue weighted by Gasteiger charge is 2.26. The van der Waals surface area contributed by atoms with E-state index in [0.717, 1.165) is 29.3 Å². The van der Waals surface area contributed by atoms with Gasteiger partial charge in [-0.05, 0) is 37.5 Å². The molecule has 0 amide bonds. The highest BCUT2D eigenvalue weighted by molar-refractivity contribution is 6.31. The Morgan fingerprint density at radius 3 is 2.80 bits per heavy atom. The van der Waals surface area contributed by atoms with Crippen molar-refractivity contribution in [2.45, 2.75) is 25.3 Å². The van der Waals surface area contributed by atoms with E-state index in [4.69, 9.17) is 11.6 Å². The molecule has 6 heteroatoms. The van der Waals surface area contributed by atoms with E-state index in [1.165, 1.54) is 6.42 Å². The summed E-state index contributed by atoms with van der Waals surface area (Å²) in [5, 5.41) is 9.93. The molecule has 0 bridgehead atoms. The molecule has 0 atom stereocenters. The van der Waals surface area contributed by atoms with Crippen molar-refractivity contribution in [3.8, 4) is 0 Å². The van der Waals surface area contributed by atoms with Gasteiger partial charge in [0.2, 0.25) is 0 Å². The zero-order valence-corrected chi connectivity index (χ0v) is 11.8. The van der Waals surface area contributed by atoms with Crippen molar-refractivity contribution in [2.24, 2.45) is 7.05 Å². The van der Waals surface area contributed by atoms with E-state index in [2.05, 4.69) is 10.2 Å². The standard InChI is InChI=1S/C14H13ClN4O/c1-18-13-12(19(14(18)20)9-3-2-4-9)10-7-8(15)5-6-11(10)16-17-13/h5-7,9H,2-4H2,1H3. The van der Waals surface area contributed by atoms with Crippen LogP contribution in [0.15, 0.2) is 23.0 Å². The van der Waals surface area contributed by atoms with Crippen molar-refractivity contribution in [1.29, 1.82) is 0 Å². The average molecular weight is 289 g/mol. The smallest absolute Gasteiger partial charge is 0.287 e. The molecule has 1 fully saturated rings. The monoisotopic (exact) mass is 288 g/mol. The first kappa shape index (κ1) is 11.9. The lowest BCUT2D eigenvalue weighted by Gasteiger charge is -2.26. The topological polar surface area (TPSA) is 52.7 Å². The molecule has 1 aliphatic carbocycles. The van der Waals surface area contributed by atoms with Gasteiger partial charge in [0.1, 0.15) is 5.52 Å². The van der Waals surface area contributed by atoms with Crippen LogP contribution in [-0.2, 0) is 7.05 Å². The number of aromatic nitrogens is 4. The number of fused-ring (bicyclic) bond motifs is 3. The fourth-order valence-electron chi connectivity index (χ4n) is 2.85. The molecule has 4 rings (SSSR count). The Bertz CT molecular complexity index is 891. The molecular weight excluding hydrogens is 276 g/mol. The molecule has 0 aliphatic heterocycles. The molecule has 2 aromatic heterocycles. The molecule has 102 valence electrons. The van der Waals surface area contributed by atoms with Gasteiger partial charge < -0.3 is 0 Å². The van der Waals surface area contributed by atoms with Crippen LogP contribution in [0.1, 0.15) is 25.3 Å². The summed E-state index contributed by atoms with van der Waals surface area (Å²) in [5.74, 6) is 0. The van der Waals surface area contributed by atoms with Crippen LogP contribution in [0, 0.1) is 0 Å². The number of imidazole rings is 1. The fourth-order valence-corrected chi connectivity index (χ4v) is 3.02. The summed E-state index contributed by atoms with van der Waals surface area (Å²) < 4.78 is 3.44. The van der Waals surface area contributed by atoms with Gasteiger partial charge >= 0.3 is 5.69 Å². The minimum atomic E-state index is -0.0218. The van der Waals surface area contributed by atoms with Crippen LogP contribution in [0.5, 0.6) is 0 Å². The van der Waals surface area contributed by atoms with Crippen molar-refractivity contribution in [2.75, 3.05) is 0 Å². The number of hydrogen-bond donors (Lipinski definition) is 0. The van der Waals surface area contributed by atoms with E-state index in [1.807, 2.05) is 16.7 Å². The third kappa shape index (κ3) is 1.47. The van der Waals surface area contributed by atoms with Crippen molar-refractivity contribution < 1.29 is 0 Å². The largest absolute Gasteiger partial charge is 0.330 e. The molecule has 0 N–H and O–H groups in total. The first-order valence-corrected chi connectivity index (χ1v) is 7.07. The van der Waals surface area contributed by atoms with E-state index in [9.17, 15) is 4.79 Å². The van der Waals surface area contributed by atoms with Crippen molar-refractivity contribution in [3.63, 3.8) is 0 Å². The Morgan fingerprint density at radius 2 is 2.10 bits per heavy atom. The van der Waals surface area contributed by atoms with Crippen LogP contribution >= 0.6 is 11.6 Å². The maximum atomic E-state index is 12.5. The van der Waals surface area contributed by atoms with Gasteiger partial charge in [-0.15, -0.1) is 10.2 Å². The normalized spacial score (nSPS) is 15.9. The Kier molecular flexibility index (Phi) is 2.41. The molecule has 3 aromatic rings. The lowest BCUT2D eigenvalue weighted by atomic mass is 9.93. The van der Waals surface area contributed by atoms with Gasteiger partial charge in [-0.1, -0.05) is 11.6 Å². The number of rotatable bonds is 1. The first-order valence-electron chi connectivity index (χ1n) is 6.69. The van der Waals surface area contributed by atoms with Crippen LogP contribution in [0.3, 0.4) is 0 Å². The van der Waals surface area contributed by atoms with E-state index >= 15 is 0 Å². The molecule has 1 aliphatic rings. The van der Waals surface area contributed by atoms with Crippen molar-refractivity contribution in [3.05, 3.63) is 33.7 Å². The number of hydrogen-bond acceptors (Lipinski definition) is 3. The average Bonchev–Trinajstić information content (AvgIpc) is 2.63. The highest BCUT2D eigenvalue weighted by atomic mass is 35.5. The Morgan fingerprint density at radius 1 is 1.30 bits per heavy atom. The van der Waals surface area contributed by atoms with E-state index in [-0.39, 0.29) is 11.7 Å². The van der Waals surface area contributed by atoms with Gasteiger partial charge in [0.05, 0.1) is 5.52 Å². The summed E-state index contributed by atoms with van der Waals surface area (Å²) in [6.07, 6.45) is 3.26. The van der Waals surface area contributed by atoms with Crippen LogP contribution < -0.4 is 5.69 Å². The van der Waals surface area contributed by atoms with Crippen LogP contribution in [0.2, 0.25) is 5.02 Å². The number of halogens is 1. The summed E-state index contributed by atoms with van der Waals surface area (Å²) in [7, 11) is 1.74. The molecule has 1 aromatic carbocycles. The highest BCUT2D eigenvalue weighted by Crippen LogP contribution is 2.34. The van der Waals surface area contributed by atoms with Crippen LogP contribution in [0.25, 0.3) is 22.1 Å². The first-order chi connectivity index (χ1) is 9.66. The SMILES string of the molecule is Cn1c(=O)n(C2CCC2)c2c3cc(Cl)ccc3nnc21. The van der Waals surface area contributed by atoms with Crippen LogP contribution in [0.4, 0.5) is 0 Å². The second-order valence-corrected chi connectivity index (χ2v) is 5.77. The third-order valence-electron chi connectivity index (χ3n) is 4.17. The molecule has 1 saturated carbocycles. The van der Waals surface area contributed by atoms with Crippen molar-refractivity contribution >= 4 is 33.7 Å². The van der Waals surface area contributed by atoms with E-state index < -0.39 is 0 Å². The van der Waals surface area contributed by atoms with Gasteiger partial charge in [0, 0.05) is 23.5 Å². The fraction of sp³-hybridized carbons (Fsp3) is 0.357. The van der Waals surface area contributed by atoms with Gasteiger partial charge in [-0.2, -0.15) is 0 Å². The molecular formula is C14H13ClN4O. The summed E-state index contributed by atoms with van der Waals surface area (Å²) in [6.45, 7) is 0. The number of benzene rings is 1. The lowest BCUT2D eigenvalue weighted by molar-refractivity contribution is 0.312. The zero-order chi connectivity index (χ0) is 13.9. The van der Waals surface area contributed by atoms with Gasteiger partial charge in [-0.25, -0.2) is 4.79 Å². The molecule has 0 spiro atoms. The minimum absolute atomic E-state index is 0.0218. The number of aryl methyl sites for hydroxylation is 1. The van der Waals surface area contributed by atoms with E-state index in [0.29, 0.717) is 10.7 Å². The second kappa shape index (κ2) is 4.06. The summed E-state index contributed by atoms with van der Waals surface area (Å²) in [4.78, 5) is 12.5. The Labute approximate surface area is 119 Å². The predicted octanol–water partition coefficient (Wildman–Crippen LogP) is 2.66. The molecule has 2 heterocycles. The quantitative estimate of drug-likeness (QED) is 0.692. The molecule has 0 unspecified atom stereocenters. The summed E-state index contributed by atoms with van der Waals surface area (Å²) >= 11 is 6.10. The van der Waals surface area contributed by atoms with Crippen LogP contribution in [-0.4, -0.2) is 19.3 Å². The van der Waals surface area contributed by atoms with Gasteiger partial charge in [-0.3, -0.25) is 9.13 Å². The maximum Gasteiger partial charge on any atom is 0.330 e. The van der Waals surface area contributed by atoms with Gasteiger partial charge in [0.25, 0.3) is 0 Å². The molecule has 5 nitrogen and oxygen atoms in total. The van der Waals surface area contributed by atoms with Gasteiger partial charge in [0.15, 0.2) is 5.65 Å². The van der Waals surface area contributed by atoms with Crippen molar-refractivity contribution in [1.82, 2.24) is 19.3 Å². The zero-order valence-electron chi connectivity index (χ0n) is 11.0. The molecule has 0 saturated heterocycles. The third-order valence-corrected chi connectivity index (χ3v) is 4.40. The summed E-state index contributed by atoms with van der Waals surface area (Å²) in [5.41, 5.74) is 2.22. The Balaban J connectivity index is 2.22. The lowest BCUT2D eigenvalue weighted by Crippen LogP contribution is -2.29. The number of nitrogens with zero attached hydrogens (tertiary/aromatic N) is 4. The second-order valence-electron chi connectivity index (χ2n) is 5.33. The molecule has 0 radical (unpaired) electrons. The predicted molar refractivity (Wildman–Crippen MR) is 78.2 cm³/mol. The van der Waals surface area contributed by atoms with E-state index in [1.54, 1.807) is 17.7 Å². The molecule has 20 heavy (non-hydrogen) atoms. The minimum Gasteiger partial charge on any atom is -0.287 e. The maximum absolute atomic E-state index is 12.5. The Hall–Kier alpha value is -1.88. The summed E-state index contributed by atoms with van der Waals surface area (Å²) in [6, 6.07) is 5.77.